The number of hydrogen-bond acceptors (Lipinski definition) is 5. The standard InChI is InChI=1S/C8H11F3N4O/c1-3-4(12)6(14)15-7(5(3)13)16-2-8(9,10)11/h2,12-13H2,1H3,(H2,14,15). The van der Waals surface area contributed by atoms with Crippen LogP contribution in [0.1, 0.15) is 5.56 Å². The monoisotopic (exact) mass is 236 g/mol. The van der Waals surface area contributed by atoms with Gasteiger partial charge in [0.15, 0.2) is 12.4 Å². The fourth-order valence-corrected chi connectivity index (χ4v) is 0.988. The van der Waals surface area contributed by atoms with Crippen LogP contribution in [0.4, 0.5) is 30.4 Å². The Hall–Kier alpha value is -1.86. The summed E-state index contributed by atoms with van der Waals surface area (Å²) in [6.45, 7) is 0.0379. The van der Waals surface area contributed by atoms with E-state index in [1.54, 1.807) is 0 Å². The minimum atomic E-state index is -4.46. The molecule has 0 aliphatic carbocycles. The fraction of sp³-hybridized carbons (Fsp3) is 0.375. The van der Waals surface area contributed by atoms with Gasteiger partial charge < -0.3 is 21.9 Å². The minimum absolute atomic E-state index is 0.0454. The lowest BCUT2D eigenvalue weighted by Gasteiger charge is -2.13. The molecule has 0 aliphatic heterocycles. The lowest BCUT2D eigenvalue weighted by molar-refractivity contribution is -0.153. The Morgan fingerprint density at radius 2 is 1.75 bits per heavy atom. The Kier molecular flexibility index (Phi) is 3.02. The summed E-state index contributed by atoms with van der Waals surface area (Å²) in [5.74, 6) is -0.467. The van der Waals surface area contributed by atoms with Crippen molar-refractivity contribution in [1.82, 2.24) is 4.98 Å². The number of nitrogens with zero attached hydrogens (tertiary/aromatic N) is 1. The van der Waals surface area contributed by atoms with E-state index in [4.69, 9.17) is 17.2 Å². The van der Waals surface area contributed by atoms with Crippen molar-refractivity contribution in [3.63, 3.8) is 0 Å². The number of aromatic nitrogens is 1. The smallest absolute Gasteiger partial charge is 0.422 e. The second-order valence-corrected chi connectivity index (χ2v) is 3.16. The van der Waals surface area contributed by atoms with Crippen molar-refractivity contribution in [2.75, 3.05) is 23.8 Å². The number of hydrogen-bond donors (Lipinski definition) is 3. The predicted octanol–water partition coefficient (Wildman–Crippen LogP) is 1.08. The Morgan fingerprint density at radius 3 is 2.25 bits per heavy atom. The molecule has 0 unspecified atom stereocenters. The quantitative estimate of drug-likeness (QED) is 0.713. The van der Waals surface area contributed by atoms with E-state index < -0.39 is 12.8 Å². The molecular weight excluding hydrogens is 225 g/mol. The molecule has 0 fully saturated rings. The summed E-state index contributed by atoms with van der Waals surface area (Å²) in [4.78, 5) is 3.54. The molecule has 6 N–H and O–H groups in total. The molecule has 1 aromatic rings. The SMILES string of the molecule is Cc1c(N)c(N)nc(OCC(F)(F)F)c1N. The Labute approximate surface area is 89.4 Å². The van der Waals surface area contributed by atoms with Crippen LogP contribution in [0, 0.1) is 6.92 Å². The fourth-order valence-electron chi connectivity index (χ4n) is 0.988. The van der Waals surface area contributed by atoms with Crippen LogP contribution in [0.5, 0.6) is 5.88 Å². The molecule has 0 saturated heterocycles. The number of nitrogens with two attached hydrogens (primary N) is 3. The zero-order valence-electron chi connectivity index (χ0n) is 8.43. The average Bonchev–Trinajstić information content (AvgIpc) is 2.17. The van der Waals surface area contributed by atoms with Crippen molar-refractivity contribution in [2.24, 2.45) is 0 Å². The molecule has 0 bridgehead atoms. The normalized spacial score (nSPS) is 11.5. The first kappa shape index (κ1) is 12.2. The topological polar surface area (TPSA) is 100 Å². The maximum Gasteiger partial charge on any atom is 0.422 e. The Bertz CT molecular complexity index is 405. The van der Waals surface area contributed by atoms with Gasteiger partial charge in [0.1, 0.15) is 0 Å². The van der Waals surface area contributed by atoms with Crippen molar-refractivity contribution in [3.8, 4) is 5.88 Å². The molecule has 5 nitrogen and oxygen atoms in total. The van der Waals surface area contributed by atoms with Gasteiger partial charge in [-0.1, -0.05) is 0 Å². The summed E-state index contributed by atoms with van der Waals surface area (Å²) < 4.78 is 40.1. The van der Waals surface area contributed by atoms with Gasteiger partial charge >= 0.3 is 6.18 Å². The summed E-state index contributed by atoms with van der Waals surface area (Å²) in [7, 11) is 0. The summed E-state index contributed by atoms with van der Waals surface area (Å²) in [6.07, 6.45) is -4.46. The summed E-state index contributed by atoms with van der Waals surface area (Å²) >= 11 is 0. The van der Waals surface area contributed by atoms with E-state index in [9.17, 15) is 13.2 Å². The minimum Gasteiger partial charge on any atom is -0.466 e. The summed E-state index contributed by atoms with van der Waals surface area (Å²) in [5, 5.41) is 0. The van der Waals surface area contributed by atoms with Gasteiger partial charge in [0.25, 0.3) is 0 Å². The molecule has 0 atom stereocenters. The largest absolute Gasteiger partial charge is 0.466 e. The molecule has 0 spiro atoms. The van der Waals surface area contributed by atoms with Crippen molar-refractivity contribution in [1.29, 1.82) is 0 Å². The molecule has 0 aliphatic rings. The van der Waals surface area contributed by atoms with Crippen LogP contribution in [0.2, 0.25) is 0 Å². The van der Waals surface area contributed by atoms with Crippen LogP contribution >= 0.6 is 0 Å². The van der Waals surface area contributed by atoms with Gasteiger partial charge in [-0.2, -0.15) is 18.2 Å². The molecule has 90 valence electrons. The van der Waals surface area contributed by atoms with Gasteiger partial charge in [0, 0.05) is 5.56 Å². The summed E-state index contributed by atoms with van der Waals surface area (Å²) in [6, 6.07) is 0. The third-order valence-electron chi connectivity index (χ3n) is 1.91. The van der Waals surface area contributed by atoms with Crippen LogP contribution in [0.25, 0.3) is 0 Å². The number of anilines is 3. The molecular formula is C8H11F3N4O. The van der Waals surface area contributed by atoms with Crippen molar-refractivity contribution in [2.45, 2.75) is 13.1 Å². The first-order valence-electron chi connectivity index (χ1n) is 4.23. The lowest BCUT2D eigenvalue weighted by atomic mass is 10.2. The number of pyridine rings is 1. The molecule has 0 amide bonds. The van der Waals surface area contributed by atoms with Crippen LogP contribution in [-0.4, -0.2) is 17.8 Å². The first-order chi connectivity index (χ1) is 7.22. The molecule has 1 rings (SSSR count). The van der Waals surface area contributed by atoms with Crippen molar-refractivity contribution >= 4 is 17.2 Å². The van der Waals surface area contributed by atoms with E-state index in [0.717, 1.165) is 0 Å². The van der Waals surface area contributed by atoms with Crippen LogP contribution in [0.15, 0.2) is 0 Å². The van der Waals surface area contributed by atoms with Crippen molar-refractivity contribution in [3.05, 3.63) is 5.56 Å². The molecule has 0 radical (unpaired) electrons. The average molecular weight is 236 g/mol. The molecule has 16 heavy (non-hydrogen) atoms. The molecule has 1 heterocycles. The Morgan fingerprint density at radius 1 is 1.19 bits per heavy atom. The number of rotatable bonds is 2. The Balaban J connectivity index is 2.98. The van der Waals surface area contributed by atoms with E-state index in [-0.39, 0.29) is 23.1 Å². The predicted molar refractivity (Wildman–Crippen MR) is 53.8 cm³/mol. The zero-order chi connectivity index (χ0) is 12.5. The molecule has 1 aromatic heterocycles. The van der Waals surface area contributed by atoms with Crippen LogP contribution in [-0.2, 0) is 0 Å². The molecule has 0 saturated carbocycles. The lowest BCUT2D eigenvalue weighted by Crippen LogP contribution is -2.20. The van der Waals surface area contributed by atoms with E-state index in [1.165, 1.54) is 6.92 Å². The highest BCUT2D eigenvalue weighted by atomic mass is 19.4. The van der Waals surface area contributed by atoms with Gasteiger partial charge in [-0.15, -0.1) is 0 Å². The van der Waals surface area contributed by atoms with E-state index >= 15 is 0 Å². The number of ether oxygens (including phenoxy) is 1. The maximum absolute atomic E-state index is 11.9. The first-order valence-corrected chi connectivity index (χ1v) is 4.23. The second kappa shape index (κ2) is 3.95. The number of nitrogen functional groups attached to an aromatic ring is 3. The van der Waals surface area contributed by atoms with Crippen LogP contribution in [0.3, 0.4) is 0 Å². The van der Waals surface area contributed by atoms with Crippen LogP contribution < -0.4 is 21.9 Å². The third kappa shape index (κ3) is 2.59. The zero-order valence-corrected chi connectivity index (χ0v) is 8.43. The summed E-state index contributed by atoms with van der Waals surface area (Å²) in [5.41, 5.74) is 16.8. The highest BCUT2D eigenvalue weighted by molar-refractivity contribution is 5.73. The maximum atomic E-state index is 11.9. The molecule has 0 aromatic carbocycles. The van der Waals surface area contributed by atoms with E-state index in [1.807, 2.05) is 0 Å². The van der Waals surface area contributed by atoms with Gasteiger partial charge in [0.2, 0.25) is 5.88 Å². The number of alkyl halides is 3. The van der Waals surface area contributed by atoms with E-state index in [0.29, 0.717) is 5.56 Å². The second-order valence-electron chi connectivity index (χ2n) is 3.16. The van der Waals surface area contributed by atoms with E-state index in [2.05, 4.69) is 9.72 Å². The van der Waals surface area contributed by atoms with Gasteiger partial charge in [-0.25, -0.2) is 0 Å². The van der Waals surface area contributed by atoms with Gasteiger partial charge in [-0.3, -0.25) is 0 Å². The highest BCUT2D eigenvalue weighted by Crippen LogP contribution is 2.31. The van der Waals surface area contributed by atoms with Crippen molar-refractivity contribution < 1.29 is 17.9 Å². The highest BCUT2D eigenvalue weighted by Gasteiger charge is 2.29. The number of halogens is 3. The third-order valence-corrected chi connectivity index (χ3v) is 1.91. The molecule has 8 heteroatoms. The van der Waals surface area contributed by atoms with Gasteiger partial charge in [-0.05, 0) is 6.92 Å². The van der Waals surface area contributed by atoms with Gasteiger partial charge in [0.05, 0.1) is 11.4 Å².